The van der Waals surface area contributed by atoms with Gasteiger partial charge in [0.05, 0.1) is 6.04 Å². The number of rotatable bonds is 5. The molecule has 2 rings (SSSR count). The number of fused-ring (bicyclic) bond motifs is 1. The number of imidazole rings is 1. The van der Waals surface area contributed by atoms with Gasteiger partial charge in [-0.25, -0.2) is 9.78 Å². The van der Waals surface area contributed by atoms with Crippen LogP contribution in [0, 0.1) is 0 Å². The van der Waals surface area contributed by atoms with Crippen molar-refractivity contribution in [3.8, 4) is 0 Å². The lowest BCUT2D eigenvalue weighted by atomic mass is 10.0. The number of carboxylic acids is 1. The van der Waals surface area contributed by atoms with Gasteiger partial charge in [0.25, 0.3) is 5.56 Å². The van der Waals surface area contributed by atoms with Crippen LogP contribution in [0.1, 0.15) is 5.82 Å². The van der Waals surface area contributed by atoms with E-state index in [1.54, 1.807) is 0 Å². The van der Waals surface area contributed by atoms with E-state index in [0.29, 0.717) is 0 Å². The molecule has 0 fully saturated rings. The highest BCUT2D eigenvalue weighted by atomic mass is 16.4. The second kappa shape index (κ2) is 5.78. The van der Waals surface area contributed by atoms with Crippen molar-refractivity contribution in [2.45, 2.75) is 18.5 Å². The topological polar surface area (TPSA) is 179 Å². The third-order valence-corrected chi connectivity index (χ3v) is 3.57. The Hall–Kier alpha value is -2.79. The minimum atomic E-state index is -1.73. The lowest BCUT2D eigenvalue weighted by molar-refractivity contribution is -0.142. The second-order valence-corrected chi connectivity index (χ2v) is 5.11. The van der Waals surface area contributed by atoms with E-state index in [9.17, 15) is 19.2 Å². The minimum absolute atomic E-state index is 0.126. The number of hydrogen-bond donors (Lipinski definition) is 4. The molecule has 0 aliphatic heterocycles. The number of carbonyl (C=O) groups excluding carboxylic acids is 1. The molecule has 0 saturated heterocycles. The predicted octanol–water partition coefficient (Wildman–Crippen LogP) is -3.19. The first-order chi connectivity index (χ1) is 10.6. The molecular formula is C12H16N6O5. The zero-order valence-electron chi connectivity index (χ0n) is 12.4. The molecule has 23 heavy (non-hydrogen) atoms. The van der Waals surface area contributed by atoms with Crippen molar-refractivity contribution in [2.75, 3.05) is 0 Å². The first-order valence-electron chi connectivity index (χ1n) is 6.57. The fraction of sp³-hybridized carbons (Fsp3) is 0.417. The molecule has 0 amide bonds. The summed E-state index contributed by atoms with van der Waals surface area (Å²) in [6.07, 6.45) is -0.126. The van der Waals surface area contributed by atoms with Crippen LogP contribution in [0.3, 0.4) is 0 Å². The monoisotopic (exact) mass is 324 g/mol. The number of hydrogen-bond acceptors (Lipinski definition) is 7. The third kappa shape index (κ3) is 2.78. The number of H-pyrrole nitrogens is 1. The molecule has 0 spiro atoms. The number of carboxylic acid groups (broad SMARTS) is 1. The van der Waals surface area contributed by atoms with E-state index in [2.05, 4.69) is 9.97 Å². The van der Waals surface area contributed by atoms with Gasteiger partial charge in [0.2, 0.25) is 0 Å². The molecule has 0 aliphatic carbocycles. The normalized spacial score (nSPS) is 13.9. The highest BCUT2D eigenvalue weighted by molar-refractivity contribution is 6.04. The maximum atomic E-state index is 11.9. The number of aromatic amines is 1. The zero-order valence-corrected chi connectivity index (χ0v) is 12.4. The van der Waals surface area contributed by atoms with Crippen molar-refractivity contribution in [2.24, 2.45) is 25.6 Å². The van der Waals surface area contributed by atoms with Gasteiger partial charge >= 0.3 is 11.7 Å². The Kier molecular flexibility index (Phi) is 4.16. The van der Waals surface area contributed by atoms with E-state index >= 15 is 0 Å². The van der Waals surface area contributed by atoms with Gasteiger partial charge in [-0.05, 0) is 0 Å². The quantitative estimate of drug-likeness (QED) is 0.415. The van der Waals surface area contributed by atoms with Crippen LogP contribution in [0.4, 0.5) is 0 Å². The molecule has 2 heterocycles. The van der Waals surface area contributed by atoms with Crippen molar-refractivity contribution in [1.82, 2.24) is 19.1 Å². The van der Waals surface area contributed by atoms with E-state index in [-0.39, 0.29) is 23.4 Å². The summed E-state index contributed by atoms with van der Waals surface area (Å²) in [5, 5.41) is 8.73. The Morgan fingerprint density at radius 3 is 2.43 bits per heavy atom. The van der Waals surface area contributed by atoms with Crippen molar-refractivity contribution in [3.63, 3.8) is 0 Å². The van der Waals surface area contributed by atoms with Gasteiger partial charge in [0, 0.05) is 20.5 Å². The molecule has 0 radical (unpaired) electrons. The van der Waals surface area contributed by atoms with Gasteiger partial charge < -0.3 is 21.1 Å². The summed E-state index contributed by atoms with van der Waals surface area (Å²) < 4.78 is 2.55. The Morgan fingerprint density at radius 1 is 1.26 bits per heavy atom. The van der Waals surface area contributed by atoms with Crippen LogP contribution < -0.4 is 22.7 Å². The average Bonchev–Trinajstić information content (AvgIpc) is 2.80. The van der Waals surface area contributed by atoms with Crippen molar-refractivity contribution < 1.29 is 14.7 Å². The van der Waals surface area contributed by atoms with E-state index in [1.807, 2.05) is 0 Å². The van der Waals surface area contributed by atoms with Gasteiger partial charge in [-0.15, -0.1) is 0 Å². The van der Waals surface area contributed by atoms with Crippen LogP contribution in [0.25, 0.3) is 11.2 Å². The number of carbonyl (C=O) groups is 2. The minimum Gasteiger partial charge on any atom is -0.480 e. The summed E-state index contributed by atoms with van der Waals surface area (Å²) in [6.45, 7) is 0. The molecule has 2 aromatic rings. The van der Waals surface area contributed by atoms with Gasteiger partial charge in [-0.2, -0.15) is 0 Å². The molecule has 6 N–H and O–H groups in total. The standard InChI is InChI=1S/C12H16N6O5/c1-17-5(3-4(13)8(19)6(14)11(21)22)15-9-7(17)10(20)16-12(23)18(9)2/h4,6H,3,13-14H2,1-2H3,(H,21,22)(H,16,20,23)/t4-,6?/m0/s1. The Morgan fingerprint density at radius 2 is 1.87 bits per heavy atom. The second-order valence-electron chi connectivity index (χ2n) is 5.11. The number of nitrogens with zero attached hydrogens (tertiary/aromatic N) is 3. The molecule has 2 atom stereocenters. The summed E-state index contributed by atoms with van der Waals surface area (Å²) in [7, 11) is 2.96. The summed E-state index contributed by atoms with van der Waals surface area (Å²) in [4.78, 5) is 52.3. The van der Waals surface area contributed by atoms with Crippen molar-refractivity contribution >= 4 is 22.9 Å². The van der Waals surface area contributed by atoms with Crippen LogP contribution >= 0.6 is 0 Å². The first-order valence-corrected chi connectivity index (χ1v) is 6.57. The maximum Gasteiger partial charge on any atom is 0.329 e. The summed E-state index contributed by atoms with van der Waals surface area (Å²) in [6, 6.07) is -2.93. The van der Waals surface area contributed by atoms with Crippen LogP contribution in [0.5, 0.6) is 0 Å². The molecule has 0 aromatic carbocycles. The molecule has 2 aromatic heterocycles. The number of Topliss-reactive ketones (excluding diaryl/α,β-unsaturated/α-hetero) is 1. The van der Waals surface area contributed by atoms with Gasteiger partial charge in [-0.3, -0.25) is 23.9 Å². The van der Waals surface area contributed by atoms with Crippen molar-refractivity contribution in [3.05, 3.63) is 26.7 Å². The van der Waals surface area contributed by atoms with E-state index in [1.165, 1.54) is 18.7 Å². The summed E-state index contributed by atoms with van der Waals surface area (Å²) in [5.74, 6) is -2.08. The number of aromatic nitrogens is 4. The van der Waals surface area contributed by atoms with E-state index in [0.717, 1.165) is 4.57 Å². The number of aliphatic carboxylic acids is 1. The Labute approximate surface area is 128 Å². The number of nitrogens with two attached hydrogens (primary N) is 2. The highest BCUT2D eigenvalue weighted by Crippen LogP contribution is 2.10. The average molecular weight is 324 g/mol. The predicted molar refractivity (Wildman–Crippen MR) is 78.9 cm³/mol. The van der Waals surface area contributed by atoms with E-state index < -0.39 is 35.1 Å². The largest absolute Gasteiger partial charge is 0.480 e. The van der Waals surface area contributed by atoms with Gasteiger partial charge in [-0.1, -0.05) is 0 Å². The first kappa shape index (κ1) is 16.6. The maximum absolute atomic E-state index is 11.9. The molecular weight excluding hydrogens is 308 g/mol. The summed E-state index contributed by atoms with van der Waals surface area (Å²) >= 11 is 0. The molecule has 1 unspecified atom stereocenters. The Balaban J connectivity index is 2.44. The lowest BCUT2D eigenvalue weighted by Crippen LogP contribution is -2.48. The van der Waals surface area contributed by atoms with Gasteiger partial charge in [0.15, 0.2) is 23.0 Å². The number of aryl methyl sites for hydroxylation is 2. The smallest absolute Gasteiger partial charge is 0.329 e. The molecule has 124 valence electrons. The third-order valence-electron chi connectivity index (χ3n) is 3.57. The molecule has 0 bridgehead atoms. The molecule has 11 heteroatoms. The van der Waals surface area contributed by atoms with Crippen LogP contribution in [-0.4, -0.2) is 48.0 Å². The van der Waals surface area contributed by atoms with Crippen molar-refractivity contribution in [1.29, 1.82) is 0 Å². The highest BCUT2D eigenvalue weighted by Gasteiger charge is 2.28. The van der Waals surface area contributed by atoms with E-state index in [4.69, 9.17) is 16.6 Å². The SMILES string of the molecule is Cn1c(C[C@H](N)C(=O)C(N)C(=O)O)nc2c1c(=O)[nH]c(=O)n2C. The molecule has 0 saturated carbocycles. The van der Waals surface area contributed by atoms with Gasteiger partial charge in [0.1, 0.15) is 5.82 Å². The van der Waals surface area contributed by atoms with Crippen LogP contribution in [0.15, 0.2) is 9.59 Å². The Bertz CT molecular complexity index is 907. The molecule has 11 nitrogen and oxygen atoms in total. The number of ketones is 1. The fourth-order valence-electron chi connectivity index (χ4n) is 2.19. The summed E-state index contributed by atoms with van der Waals surface area (Å²) in [5.41, 5.74) is 9.96. The zero-order chi connectivity index (χ0) is 17.5. The number of nitrogens with one attached hydrogen (secondary N) is 1. The van der Waals surface area contributed by atoms with Crippen LogP contribution in [-0.2, 0) is 30.1 Å². The van der Waals surface area contributed by atoms with Crippen LogP contribution in [0.2, 0.25) is 0 Å². The molecule has 0 aliphatic rings. The lowest BCUT2D eigenvalue weighted by Gasteiger charge is -2.12. The fourth-order valence-corrected chi connectivity index (χ4v) is 2.19.